The van der Waals surface area contributed by atoms with E-state index in [0.717, 1.165) is 22.8 Å². The summed E-state index contributed by atoms with van der Waals surface area (Å²) in [6.45, 7) is 1.92. The van der Waals surface area contributed by atoms with E-state index in [1.807, 2.05) is 43.3 Å². The van der Waals surface area contributed by atoms with Gasteiger partial charge in [0.2, 0.25) is 5.88 Å². The summed E-state index contributed by atoms with van der Waals surface area (Å²) in [6, 6.07) is 11.1. The van der Waals surface area contributed by atoms with Crippen LogP contribution in [0.1, 0.15) is 11.3 Å². The van der Waals surface area contributed by atoms with Gasteiger partial charge in [0.1, 0.15) is 11.5 Å². The van der Waals surface area contributed by atoms with Gasteiger partial charge in [-0.1, -0.05) is 6.07 Å². The first kappa shape index (κ1) is 12.7. The van der Waals surface area contributed by atoms with Crippen molar-refractivity contribution in [3.8, 4) is 17.4 Å². The fraction of sp³-hybridized carbons (Fsp3) is 0.214. The number of nitrogens with zero attached hydrogens (tertiary/aromatic N) is 1. The Hall–Kier alpha value is -1.74. The van der Waals surface area contributed by atoms with E-state index in [1.54, 1.807) is 7.11 Å². The molecule has 0 bridgehead atoms. The molecule has 1 heterocycles. The van der Waals surface area contributed by atoms with Crippen molar-refractivity contribution in [1.29, 1.82) is 0 Å². The predicted molar refractivity (Wildman–Crippen MR) is 71.6 cm³/mol. The molecule has 3 nitrogen and oxygen atoms in total. The molecular formula is C14H14ClNO2. The Balaban J connectivity index is 2.15. The third-order valence-corrected chi connectivity index (χ3v) is 2.88. The zero-order valence-electron chi connectivity index (χ0n) is 10.3. The van der Waals surface area contributed by atoms with Gasteiger partial charge in [0.05, 0.1) is 7.11 Å². The fourth-order valence-electron chi connectivity index (χ4n) is 1.53. The van der Waals surface area contributed by atoms with E-state index in [9.17, 15) is 0 Å². The van der Waals surface area contributed by atoms with Crippen molar-refractivity contribution in [1.82, 2.24) is 4.98 Å². The van der Waals surface area contributed by atoms with Gasteiger partial charge in [0.15, 0.2) is 0 Å². The van der Waals surface area contributed by atoms with Crippen LogP contribution in [0.4, 0.5) is 0 Å². The molecular weight excluding hydrogens is 250 g/mol. The molecule has 0 aliphatic carbocycles. The Bertz CT molecular complexity index is 526. The van der Waals surface area contributed by atoms with Crippen LogP contribution in [0.2, 0.25) is 0 Å². The van der Waals surface area contributed by atoms with Gasteiger partial charge in [-0.2, -0.15) is 0 Å². The van der Waals surface area contributed by atoms with Gasteiger partial charge in [0.25, 0.3) is 0 Å². The average Bonchev–Trinajstić information content (AvgIpc) is 2.40. The van der Waals surface area contributed by atoms with E-state index in [2.05, 4.69) is 4.98 Å². The number of halogens is 1. The van der Waals surface area contributed by atoms with Crippen LogP contribution >= 0.6 is 11.6 Å². The molecule has 0 saturated carbocycles. The monoisotopic (exact) mass is 263 g/mol. The summed E-state index contributed by atoms with van der Waals surface area (Å²) in [5.74, 6) is 2.54. The lowest BCUT2D eigenvalue weighted by Crippen LogP contribution is -1.93. The zero-order chi connectivity index (χ0) is 13.0. The molecule has 0 saturated heterocycles. The molecule has 0 fully saturated rings. The smallest absolute Gasteiger partial charge is 0.219 e. The second kappa shape index (κ2) is 5.74. The number of ether oxygens (including phenoxy) is 2. The van der Waals surface area contributed by atoms with Crippen molar-refractivity contribution in [3.05, 3.63) is 47.7 Å². The van der Waals surface area contributed by atoms with Crippen molar-refractivity contribution in [2.45, 2.75) is 12.8 Å². The molecule has 0 N–H and O–H groups in total. The lowest BCUT2D eigenvalue weighted by Gasteiger charge is -2.08. The minimum Gasteiger partial charge on any atom is -0.497 e. The number of rotatable bonds is 4. The van der Waals surface area contributed by atoms with Crippen LogP contribution in [-0.4, -0.2) is 12.1 Å². The minimum absolute atomic E-state index is 0.460. The van der Waals surface area contributed by atoms with Gasteiger partial charge < -0.3 is 9.47 Å². The van der Waals surface area contributed by atoms with E-state index >= 15 is 0 Å². The summed E-state index contributed by atoms with van der Waals surface area (Å²) in [5.41, 5.74) is 1.90. The van der Waals surface area contributed by atoms with Crippen molar-refractivity contribution in [2.24, 2.45) is 0 Å². The molecule has 0 radical (unpaired) electrons. The Morgan fingerprint density at radius 2 is 1.72 bits per heavy atom. The van der Waals surface area contributed by atoms with Gasteiger partial charge in [0, 0.05) is 17.6 Å². The first-order chi connectivity index (χ1) is 8.72. The van der Waals surface area contributed by atoms with E-state index in [1.165, 1.54) is 0 Å². The number of pyridine rings is 1. The van der Waals surface area contributed by atoms with E-state index in [0.29, 0.717) is 11.8 Å². The van der Waals surface area contributed by atoms with Crippen LogP contribution in [0, 0.1) is 6.92 Å². The first-order valence-electron chi connectivity index (χ1n) is 5.57. The molecule has 0 aliphatic heterocycles. The molecule has 0 atom stereocenters. The second-order valence-electron chi connectivity index (χ2n) is 3.81. The molecule has 18 heavy (non-hydrogen) atoms. The van der Waals surface area contributed by atoms with Gasteiger partial charge in [-0.15, -0.1) is 11.6 Å². The van der Waals surface area contributed by atoms with Gasteiger partial charge in [-0.3, -0.25) is 0 Å². The average molecular weight is 264 g/mol. The number of methoxy groups -OCH3 is 1. The Kier molecular flexibility index (Phi) is 4.05. The molecule has 94 valence electrons. The Labute approximate surface area is 111 Å². The van der Waals surface area contributed by atoms with E-state index in [-0.39, 0.29) is 0 Å². The second-order valence-corrected chi connectivity index (χ2v) is 4.07. The van der Waals surface area contributed by atoms with Gasteiger partial charge in [-0.05, 0) is 36.8 Å². The van der Waals surface area contributed by atoms with E-state index in [4.69, 9.17) is 21.1 Å². The molecule has 2 rings (SSSR count). The van der Waals surface area contributed by atoms with Crippen molar-refractivity contribution < 1.29 is 9.47 Å². The van der Waals surface area contributed by atoms with Crippen LogP contribution in [0.3, 0.4) is 0 Å². The fourth-order valence-corrected chi connectivity index (χ4v) is 1.81. The van der Waals surface area contributed by atoms with Gasteiger partial charge >= 0.3 is 0 Å². The summed E-state index contributed by atoms with van der Waals surface area (Å²) < 4.78 is 10.7. The highest BCUT2D eigenvalue weighted by Crippen LogP contribution is 2.23. The SMILES string of the molecule is COc1ccc(Oc2ccc(CCl)c(C)n2)cc1. The Morgan fingerprint density at radius 1 is 1.06 bits per heavy atom. The zero-order valence-corrected chi connectivity index (χ0v) is 11.1. The number of aryl methyl sites for hydroxylation is 1. The Morgan fingerprint density at radius 3 is 2.28 bits per heavy atom. The topological polar surface area (TPSA) is 31.4 Å². The molecule has 4 heteroatoms. The maximum absolute atomic E-state index is 5.78. The van der Waals surface area contributed by atoms with Gasteiger partial charge in [-0.25, -0.2) is 4.98 Å². The minimum atomic E-state index is 0.460. The van der Waals surface area contributed by atoms with Crippen molar-refractivity contribution >= 4 is 11.6 Å². The molecule has 0 unspecified atom stereocenters. The molecule has 0 amide bonds. The maximum Gasteiger partial charge on any atom is 0.219 e. The molecule has 0 spiro atoms. The molecule has 1 aromatic heterocycles. The summed E-state index contributed by atoms with van der Waals surface area (Å²) in [7, 11) is 1.63. The largest absolute Gasteiger partial charge is 0.497 e. The van der Waals surface area contributed by atoms with Crippen molar-refractivity contribution in [2.75, 3.05) is 7.11 Å². The normalized spacial score (nSPS) is 10.2. The van der Waals surface area contributed by atoms with Crippen LogP contribution < -0.4 is 9.47 Å². The lowest BCUT2D eigenvalue weighted by molar-refractivity contribution is 0.412. The maximum atomic E-state index is 5.78. The number of alkyl halides is 1. The standard InChI is InChI=1S/C14H14ClNO2/c1-10-11(9-15)3-8-14(16-10)18-13-6-4-12(17-2)5-7-13/h3-8H,9H2,1-2H3. The summed E-state index contributed by atoms with van der Waals surface area (Å²) in [4.78, 5) is 4.34. The third kappa shape index (κ3) is 2.93. The highest BCUT2D eigenvalue weighted by molar-refractivity contribution is 6.17. The molecule has 0 aliphatic rings. The van der Waals surface area contributed by atoms with Crippen molar-refractivity contribution in [3.63, 3.8) is 0 Å². The quantitative estimate of drug-likeness (QED) is 0.783. The third-order valence-electron chi connectivity index (χ3n) is 2.60. The van der Waals surface area contributed by atoms with Crippen LogP contribution in [0.25, 0.3) is 0 Å². The highest BCUT2D eigenvalue weighted by atomic mass is 35.5. The lowest BCUT2D eigenvalue weighted by atomic mass is 10.2. The highest BCUT2D eigenvalue weighted by Gasteiger charge is 2.03. The number of hydrogen-bond donors (Lipinski definition) is 0. The number of hydrogen-bond acceptors (Lipinski definition) is 3. The molecule has 2 aromatic rings. The van der Waals surface area contributed by atoms with Crippen LogP contribution in [0.15, 0.2) is 36.4 Å². The number of aromatic nitrogens is 1. The summed E-state index contributed by atoms with van der Waals surface area (Å²) >= 11 is 5.78. The predicted octanol–water partition coefficient (Wildman–Crippen LogP) is 3.93. The number of benzene rings is 1. The van der Waals surface area contributed by atoms with E-state index < -0.39 is 0 Å². The van der Waals surface area contributed by atoms with Crippen LogP contribution in [0.5, 0.6) is 17.4 Å². The van der Waals surface area contributed by atoms with Crippen LogP contribution in [-0.2, 0) is 5.88 Å². The summed E-state index contributed by atoms with van der Waals surface area (Å²) in [6.07, 6.45) is 0. The summed E-state index contributed by atoms with van der Waals surface area (Å²) in [5, 5.41) is 0. The molecule has 1 aromatic carbocycles. The first-order valence-corrected chi connectivity index (χ1v) is 6.11.